The van der Waals surface area contributed by atoms with E-state index in [0.717, 1.165) is 31.9 Å². The first-order valence-electron chi connectivity index (χ1n) is 7.57. The number of benzene rings is 1. The highest BCUT2D eigenvalue weighted by atomic mass is 19.1. The molecular weight excluding hydrogens is 253 g/mol. The minimum absolute atomic E-state index is 0.193. The van der Waals surface area contributed by atoms with Gasteiger partial charge in [0.2, 0.25) is 0 Å². The molecule has 0 amide bonds. The van der Waals surface area contributed by atoms with Crippen LogP contribution in [0.5, 0.6) is 0 Å². The lowest BCUT2D eigenvalue weighted by atomic mass is 10.0. The minimum Gasteiger partial charge on any atom is -0.369 e. The number of piperazine rings is 1. The lowest BCUT2D eigenvalue weighted by Crippen LogP contribution is -2.49. The predicted molar refractivity (Wildman–Crippen MR) is 82.5 cm³/mol. The molecule has 1 saturated heterocycles. The molecule has 1 aliphatic heterocycles. The second-order valence-electron chi connectivity index (χ2n) is 5.74. The van der Waals surface area contributed by atoms with Gasteiger partial charge in [-0.3, -0.25) is 4.90 Å². The van der Waals surface area contributed by atoms with Gasteiger partial charge in [0.15, 0.2) is 0 Å². The number of anilines is 1. The Morgan fingerprint density at radius 2 is 1.85 bits per heavy atom. The molecule has 0 radical (unpaired) electrons. The van der Waals surface area contributed by atoms with E-state index in [-0.39, 0.29) is 11.9 Å². The number of rotatable bonds is 4. The van der Waals surface area contributed by atoms with Crippen LogP contribution in [0.25, 0.3) is 0 Å². The number of hydrogen-bond acceptors (Lipinski definition) is 3. The molecule has 0 aromatic heterocycles. The molecule has 20 heavy (non-hydrogen) atoms. The Morgan fingerprint density at radius 3 is 2.40 bits per heavy atom. The van der Waals surface area contributed by atoms with Crippen LogP contribution in [-0.2, 0) is 0 Å². The largest absolute Gasteiger partial charge is 0.369 e. The molecule has 2 N–H and O–H groups in total. The average Bonchev–Trinajstić information content (AvgIpc) is 2.46. The van der Waals surface area contributed by atoms with E-state index in [2.05, 4.69) is 23.6 Å². The normalized spacial score (nSPS) is 19.9. The first kappa shape index (κ1) is 15.3. The van der Waals surface area contributed by atoms with E-state index in [1.807, 2.05) is 13.0 Å². The summed E-state index contributed by atoms with van der Waals surface area (Å²) in [5, 5.41) is 0. The molecule has 1 heterocycles. The fourth-order valence-corrected chi connectivity index (χ4v) is 2.91. The van der Waals surface area contributed by atoms with Crippen LogP contribution in [0, 0.1) is 5.82 Å². The van der Waals surface area contributed by atoms with Crippen LogP contribution in [0.3, 0.4) is 0 Å². The number of nitrogens with zero attached hydrogens (tertiary/aromatic N) is 2. The third kappa shape index (κ3) is 3.13. The summed E-state index contributed by atoms with van der Waals surface area (Å²) in [4.78, 5) is 4.77. The van der Waals surface area contributed by atoms with Crippen LogP contribution in [0.15, 0.2) is 18.2 Å². The van der Waals surface area contributed by atoms with Crippen molar-refractivity contribution < 1.29 is 4.39 Å². The van der Waals surface area contributed by atoms with Gasteiger partial charge in [0.05, 0.1) is 0 Å². The third-order valence-electron chi connectivity index (χ3n) is 4.35. The third-order valence-corrected chi connectivity index (χ3v) is 4.35. The van der Waals surface area contributed by atoms with Crippen molar-refractivity contribution in [1.82, 2.24) is 4.90 Å². The van der Waals surface area contributed by atoms with Crippen molar-refractivity contribution in [3.05, 3.63) is 29.6 Å². The summed E-state index contributed by atoms with van der Waals surface area (Å²) in [5.41, 5.74) is 7.55. The highest BCUT2D eigenvalue weighted by Crippen LogP contribution is 2.28. The molecule has 1 aromatic carbocycles. The Kier molecular flexibility index (Phi) is 5.00. The molecular formula is C16H26FN3. The van der Waals surface area contributed by atoms with E-state index >= 15 is 0 Å². The van der Waals surface area contributed by atoms with Crippen molar-refractivity contribution in [3.8, 4) is 0 Å². The number of halogens is 1. The molecule has 2 atom stereocenters. The van der Waals surface area contributed by atoms with Crippen LogP contribution in [0.2, 0.25) is 0 Å². The summed E-state index contributed by atoms with van der Waals surface area (Å²) < 4.78 is 14.0. The van der Waals surface area contributed by atoms with Crippen molar-refractivity contribution in [2.75, 3.05) is 31.1 Å². The summed E-state index contributed by atoms with van der Waals surface area (Å²) in [6.07, 6.45) is 1.17. The molecule has 2 rings (SSSR count). The fourth-order valence-electron chi connectivity index (χ4n) is 2.91. The van der Waals surface area contributed by atoms with Crippen LogP contribution in [0.1, 0.15) is 38.8 Å². The van der Waals surface area contributed by atoms with Crippen molar-refractivity contribution in [2.24, 2.45) is 5.73 Å². The van der Waals surface area contributed by atoms with E-state index in [4.69, 9.17) is 5.73 Å². The van der Waals surface area contributed by atoms with Crippen LogP contribution in [-0.4, -0.2) is 37.1 Å². The van der Waals surface area contributed by atoms with E-state index in [9.17, 15) is 4.39 Å². The second kappa shape index (κ2) is 6.55. The zero-order chi connectivity index (χ0) is 14.7. The highest BCUT2D eigenvalue weighted by molar-refractivity contribution is 5.55. The number of nitrogens with two attached hydrogens (primary N) is 1. The maximum absolute atomic E-state index is 14.0. The van der Waals surface area contributed by atoms with Gasteiger partial charge in [-0.15, -0.1) is 0 Å². The van der Waals surface area contributed by atoms with Crippen molar-refractivity contribution in [2.45, 2.75) is 39.3 Å². The van der Waals surface area contributed by atoms with Crippen LogP contribution in [0.4, 0.5) is 10.1 Å². The van der Waals surface area contributed by atoms with Gasteiger partial charge in [-0.25, -0.2) is 4.39 Å². The molecule has 4 heteroatoms. The lowest BCUT2D eigenvalue weighted by Gasteiger charge is -2.39. The minimum atomic E-state index is -0.279. The Bertz CT molecular complexity index is 439. The van der Waals surface area contributed by atoms with Gasteiger partial charge < -0.3 is 10.6 Å². The Labute approximate surface area is 121 Å². The molecule has 0 aliphatic carbocycles. The summed E-state index contributed by atoms with van der Waals surface area (Å²) in [5.74, 6) is -0.193. The van der Waals surface area contributed by atoms with Crippen LogP contribution < -0.4 is 10.6 Å². The first-order chi connectivity index (χ1) is 9.54. The first-order valence-corrected chi connectivity index (χ1v) is 7.57. The van der Waals surface area contributed by atoms with E-state index in [0.29, 0.717) is 11.6 Å². The summed E-state index contributed by atoms with van der Waals surface area (Å²) in [6.45, 7) is 10.3. The SMILES string of the molecule is CCC(C)N1CCN(c2cccc(F)c2[C@H](C)N)CC1. The van der Waals surface area contributed by atoms with E-state index < -0.39 is 0 Å². The quantitative estimate of drug-likeness (QED) is 0.920. The summed E-state index contributed by atoms with van der Waals surface area (Å²) >= 11 is 0. The Morgan fingerprint density at radius 1 is 1.20 bits per heavy atom. The maximum Gasteiger partial charge on any atom is 0.130 e. The molecule has 0 spiro atoms. The van der Waals surface area contributed by atoms with Gasteiger partial charge in [0.25, 0.3) is 0 Å². The fraction of sp³-hybridized carbons (Fsp3) is 0.625. The van der Waals surface area contributed by atoms with E-state index in [1.165, 1.54) is 12.5 Å². The smallest absolute Gasteiger partial charge is 0.130 e. The van der Waals surface area contributed by atoms with Crippen molar-refractivity contribution in [1.29, 1.82) is 0 Å². The van der Waals surface area contributed by atoms with Gasteiger partial charge in [0.1, 0.15) is 5.82 Å². The average molecular weight is 279 g/mol. The topological polar surface area (TPSA) is 32.5 Å². The summed E-state index contributed by atoms with van der Waals surface area (Å²) in [6, 6.07) is 5.60. The molecule has 0 saturated carbocycles. The molecule has 1 fully saturated rings. The highest BCUT2D eigenvalue weighted by Gasteiger charge is 2.23. The van der Waals surface area contributed by atoms with Gasteiger partial charge in [-0.1, -0.05) is 13.0 Å². The van der Waals surface area contributed by atoms with Crippen molar-refractivity contribution in [3.63, 3.8) is 0 Å². The van der Waals surface area contributed by atoms with Gasteiger partial charge in [-0.2, -0.15) is 0 Å². The standard InChI is InChI=1S/C16H26FN3/c1-4-12(2)19-8-10-20(11-9-19)15-7-5-6-14(17)16(15)13(3)18/h5-7,12-13H,4,8-11,18H2,1-3H3/t12?,13-/m0/s1. The zero-order valence-corrected chi connectivity index (χ0v) is 12.8. The van der Waals surface area contributed by atoms with E-state index in [1.54, 1.807) is 6.07 Å². The molecule has 0 bridgehead atoms. The van der Waals surface area contributed by atoms with Gasteiger partial charge >= 0.3 is 0 Å². The summed E-state index contributed by atoms with van der Waals surface area (Å²) in [7, 11) is 0. The number of hydrogen-bond donors (Lipinski definition) is 1. The molecule has 3 nitrogen and oxygen atoms in total. The monoisotopic (exact) mass is 279 g/mol. The zero-order valence-electron chi connectivity index (χ0n) is 12.8. The maximum atomic E-state index is 14.0. The molecule has 1 aromatic rings. The molecule has 1 aliphatic rings. The Hall–Kier alpha value is -1.13. The lowest BCUT2D eigenvalue weighted by molar-refractivity contribution is 0.192. The van der Waals surface area contributed by atoms with Gasteiger partial charge in [0, 0.05) is 49.5 Å². The van der Waals surface area contributed by atoms with Crippen molar-refractivity contribution >= 4 is 5.69 Å². The molecule has 112 valence electrons. The molecule has 1 unspecified atom stereocenters. The van der Waals surface area contributed by atoms with Gasteiger partial charge in [-0.05, 0) is 32.4 Å². The van der Waals surface area contributed by atoms with Crippen LogP contribution >= 0.6 is 0 Å². The second-order valence-corrected chi connectivity index (χ2v) is 5.74. The Balaban J connectivity index is 2.13. The predicted octanol–water partition coefficient (Wildman–Crippen LogP) is 2.77.